The number of hydrogen-bond acceptors (Lipinski definition) is 4. The highest BCUT2D eigenvalue weighted by molar-refractivity contribution is 5.81. The lowest BCUT2D eigenvalue weighted by atomic mass is 9.84. The van der Waals surface area contributed by atoms with Gasteiger partial charge in [-0.2, -0.15) is 13.2 Å². The molecule has 2 atom stereocenters. The zero-order chi connectivity index (χ0) is 22.7. The molecular formula is C21H36F3N3O3. The zero-order valence-corrected chi connectivity index (χ0v) is 18.7. The number of likely N-dealkylation sites (tertiary alicyclic amines) is 1. The minimum Gasteiger partial charge on any atom is -0.444 e. The normalized spacial score (nSPS) is 23.9. The van der Waals surface area contributed by atoms with Crippen LogP contribution in [0.15, 0.2) is 0 Å². The lowest BCUT2D eigenvalue weighted by molar-refractivity contribution is -0.174. The zero-order valence-electron chi connectivity index (χ0n) is 18.7. The van der Waals surface area contributed by atoms with Crippen molar-refractivity contribution in [3.05, 3.63) is 0 Å². The van der Waals surface area contributed by atoms with E-state index in [0.29, 0.717) is 19.4 Å². The van der Waals surface area contributed by atoms with Crippen LogP contribution in [0.2, 0.25) is 0 Å². The molecule has 2 amide bonds. The van der Waals surface area contributed by atoms with Gasteiger partial charge in [0.2, 0.25) is 0 Å². The van der Waals surface area contributed by atoms with Gasteiger partial charge in [0.15, 0.2) is 0 Å². The van der Waals surface area contributed by atoms with Gasteiger partial charge >= 0.3 is 18.2 Å². The molecule has 2 saturated heterocycles. The van der Waals surface area contributed by atoms with E-state index in [4.69, 9.17) is 4.74 Å². The van der Waals surface area contributed by atoms with Gasteiger partial charge < -0.3 is 20.3 Å². The summed E-state index contributed by atoms with van der Waals surface area (Å²) in [5.74, 6) is -1.69. The SMILES string of the molecule is CC(C)(C)OC(=O)N1C[C@@H](CCC(NC(=O)C(F)(F)F)C2CCNCC2)CC1(C)C. The largest absolute Gasteiger partial charge is 0.471 e. The molecule has 0 aromatic rings. The Hall–Kier alpha value is -1.51. The number of rotatable bonds is 5. The van der Waals surface area contributed by atoms with Gasteiger partial charge in [0.25, 0.3) is 0 Å². The van der Waals surface area contributed by atoms with E-state index in [1.54, 1.807) is 4.90 Å². The van der Waals surface area contributed by atoms with Crippen LogP contribution in [0, 0.1) is 11.8 Å². The molecule has 1 unspecified atom stereocenters. The molecule has 2 rings (SSSR count). The lowest BCUT2D eigenvalue weighted by Gasteiger charge is -2.33. The van der Waals surface area contributed by atoms with Crippen molar-refractivity contribution in [1.29, 1.82) is 0 Å². The summed E-state index contributed by atoms with van der Waals surface area (Å²) in [5, 5.41) is 5.44. The van der Waals surface area contributed by atoms with Crippen LogP contribution in [0.5, 0.6) is 0 Å². The highest BCUT2D eigenvalue weighted by Crippen LogP contribution is 2.37. The minimum absolute atomic E-state index is 0.0222. The van der Waals surface area contributed by atoms with Gasteiger partial charge in [-0.3, -0.25) is 4.79 Å². The quantitative estimate of drug-likeness (QED) is 0.688. The molecule has 0 aromatic carbocycles. The van der Waals surface area contributed by atoms with Crippen molar-refractivity contribution >= 4 is 12.0 Å². The number of carbonyl (C=O) groups is 2. The van der Waals surface area contributed by atoms with E-state index in [-0.39, 0.29) is 23.5 Å². The second-order valence-electron chi connectivity index (χ2n) is 10.2. The van der Waals surface area contributed by atoms with Crippen LogP contribution in [0.1, 0.15) is 66.7 Å². The standard InChI is InChI=1S/C21H36F3N3O3/c1-19(2,3)30-18(29)27-13-14(12-20(27,4)5)6-7-16(15-8-10-25-11-9-15)26-17(28)21(22,23)24/h14-16,25H,6-13H2,1-5H3,(H,26,28)/t14-,16?/m0/s1. The maximum atomic E-state index is 12.8. The van der Waals surface area contributed by atoms with E-state index in [9.17, 15) is 22.8 Å². The molecule has 2 aliphatic heterocycles. The van der Waals surface area contributed by atoms with Crippen LogP contribution < -0.4 is 10.6 Å². The van der Waals surface area contributed by atoms with Crippen LogP contribution in [0.3, 0.4) is 0 Å². The number of hydrogen-bond donors (Lipinski definition) is 2. The Morgan fingerprint density at radius 1 is 1.20 bits per heavy atom. The van der Waals surface area contributed by atoms with Gasteiger partial charge in [-0.05, 0) is 91.6 Å². The average molecular weight is 436 g/mol. The molecule has 0 aliphatic carbocycles. The first kappa shape index (κ1) is 24.8. The van der Waals surface area contributed by atoms with E-state index in [1.807, 2.05) is 34.6 Å². The summed E-state index contributed by atoms with van der Waals surface area (Å²) >= 11 is 0. The Balaban J connectivity index is 2.00. The van der Waals surface area contributed by atoms with Gasteiger partial charge in [-0.1, -0.05) is 0 Å². The van der Waals surface area contributed by atoms with Crippen molar-refractivity contribution in [3.63, 3.8) is 0 Å². The first-order valence-electron chi connectivity index (χ1n) is 10.8. The number of halogens is 3. The van der Waals surface area contributed by atoms with Crippen molar-refractivity contribution < 1.29 is 27.5 Å². The van der Waals surface area contributed by atoms with Crippen LogP contribution in [-0.2, 0) is 9.53 Å². The van der Waals surface area contributed by atoms with Crippen LogP contribution in [-0.4, -0.2) is 59.9 Å². The number of ether oxygens (including phenoxy) is 1. The molecule has 0 radical (unpaired) electrons. The fourth-order valence-electron chi connectivity index (χ4n) is 4.56. The Morgan fingerprint density at radius 3 is 2.33 bits per heavy atom. The van der Waals surface area contributed by atoms with Crippen LogP contribution in [0.25, 0.3) is 0 Å². The molecule has 2 aliphatic rings. The van der Waals surface area contributed by atoms with E-state index >= 15 is 0 Å². The number of carbonyl (C=O) groups excluding carboxylic acids is 2. The fourth-order valence-corrected chi connectivity index (χ4v) is 4.56. The first-order valence-corrected chi connectivity index (χ1v) is 10.8. The topological polar surface area (TPSA) is 70.7 Å². The first-order chi connectivity index (χ1) is 13.7. The third-order valence-corrected chi connectivity index (χ3v) is 5.99. The molecule has 0 spiro atoms. The number of nitrogens with one attached hydrogen (secondary N) is 2. The summed E-state index contributed by atoms with van der Waals surface area (Å²) in [5.41, 5.74) is -0.973. The second kappa shape index (κ2) is 9.32. The van der Waals surface area contributed by atoms with Crippen LogP contribution >= 0.6 is 0 Å². The molecule has 0 saturated carbocycles. The summed E-state index contributed by atoms with van der Waals surface area (Å²) in [7, 11) is 0. The third kappa shape index (κ3) is 7.03. The van der Waals surface area contributed by atoms with E-state index < -0.39 is 23.7 Å². The number of amides is 2. The molecule has 30 heavy (non-hydrogen) atoms. The average Bonchev–Trinajstić information content (AvgIpc) is 2.91. The Bertz CT molecular complexity index is 611. The second-order valence-corrected chi connectivity index (χ2v) is 10.2. The Labute approximate surface area is 177 Å². The minimum atomic E-state index is -4.88. The Morgan fingerprint density at radius 2 is 1.80 bits per heavy atom. The maximum Gasteiger partial charge on any atom is 0.471 e. The fraction of sp³-hybridized carbons (Fsp3) is 0.905. The monoisotopic (exact) mass is 435 g/mol. The molecule has 0 aromatic heterocycles. The predicted octanol–water partition coefficient (Wildman–Crippen LogP) is 3.85. The molecule has 2 fully saturated rings. The summed E-state index contributed by atoms with van der Waals surface area (Å²) in [4.78, 5) is 25.9. The van der Waals surface area contributed by atoms with E-state index in [2.05, 4.69) is 10.6 Å². The van der Waals surface area contributed by atoms with E-state index in [1.165, 1.54) is 0 Å². The van der Waals surface area contributed by atoms with Crippen molar-refractivity contribution in [2.24, 2.45) is 11.8 Å². The van der Waals surface area contributed by atoms with Gasteiger partial charge in [-0.25, -0.2) is 4.79 Å². The summed E-state index contributed by atoms with van der Waals surface area (Å²) < 4.78 is 44.0. The summed E-state index contributed by atoms with van der Waals surface area (Å²) in [6.07, 6.45) is -1.90. The molecule has 2 heterocycles. The predicted molar refractivity (Wildman–Crippen MR) is 108 cm³/mol. The number of nitrogens with zero attached hydrogens (tertiary/aromatic N) is 1. The van der Waals surface area contributed by atoms with Crippen molar-refractivity contribution in [2.75, 3.05) is 19.6 Å². The van der Waals surface area contributed by atoms with Crippen molar-refractivity contribution in [1.82, 2.24) is 15.5 Å². The molecule has 6 nitrogen and oxygen atoms in total. The lowest BCUT2D eigenvalue weighted by Crippen LogP contribution is -2.48. The summed E-state index contributed by atoms with van der Waals surface area (Å²) in [6, 6.07) is -0.514. The highest BCUT2D eigenvalue weighted by Gasteiger charge is 2.44. The number of piperidine rings is 1. The number of alkyl halides is 3. The van der Waals surface area contributed by atoms with Crippen molar-refractivity contribution in [2.45, 2.75) is 90.1 Å². The molecule has 9 heteroatoms. The van der Waals surface area contributed by atoms with E-state index in [0.717, 1.165) is 32.4 Å². The Kier molecular flexibility index (Phi) is 7.69. The van der Waals surface area contributed by atoms with Gasteiger partial charge in [0, 0.05) is 18.1 Å². The van der Waals surface area contributed by atoms with Crippen molar-refractivity contribution in [3.8, 4) is 0 Å². The highest BCUT2D eigenvalue weighted by atomic mass is 19.4. The molecule has 0 bridgehead atoms. The third-order valence-electron chi connectivity index (χ3n) is 5.99. The maximum absolute atomic E-state index is 12.8. The van der Waals surface area contributed by atoms with Gasteiger partial charge in [0.1, 0.15) is 5.60 Å². The smallest absolute Gasteiger partial charge is 0.444 e. The molecule has 2 N–H and O–H groups in total. The summed E-state index contributed by atoms with van der Waals surface area (Å²) in [6.45, 7) is 11.4. The van der Waals surface area contributed by atoms with Crippen LogP contribution in [0.4, 0.5) is 18.0 Å². The molecular weight excluding hydrogens is 399 g/mol. The molecule has 174 valence electrons. The van der Waals surface area contributed by atoms with Gasteiger partial charge in [-0.15, -0.1) is 0 Å². The van der Waals surface area contributed by atoms with Gasteiger partial charge in [0.05, 0.1) is 0 Å².